The minimum absolute atomic E-state index is 0.389. The van der Waals surface area contributed by atoms with Gasteiger partial charge in [0.2, 0.25) is 0 Å². The van der Waals surface area contributed by atoms with Gasteiger partial charge in [-0.15, -0.1) is 11.3 Å². The maximum atomic E-state index is 12.0. The maximum Gasteiger partial charge on any atom is 0.329 e. The number of hydrogen-bond donors (Lipinski definition) is 3. The van der Waals surface area contributed by atoms with Crippen molar-refractivity contribution in [2.75, 3.05) is 0 Å². The van der Waals surface area contributed by atoms with Crippen LogP contribution in [-0.4, -0.2) is 22.6 Å². The second-order valence-electron chi connectivity index (χ2n) is 5.30. The molecule has 1 aliphatic rings. The van der Waals surface area contributed by atoms with E-state index >= 15 is 0 Å². The van der Waals surface area contributed by atoms with Crippen LogP contribution in [0.5, 0.6) is 0 Å². The third kappa shape index (κ3) is 4.20. The number of rotatable bonds is 4. The van der Waals surface area contributed by atoms with Crippen molar-refractivity contribution in [1.82, 2.24) is 10.6 Å². The second kappa shape index (κ2) is 7.26. The highest BCUT2D eigenvalue weighted by Gasteiger charge is 2.40. The van der Waals surface area contributed by atoms with Crippen LogP contribution in [0.1, 0.15) is 43.4 Å². The first-order chi connectivity index (χ1) is 10.0. The predicted molar refractivity (Wildman–Crippen MR) is 85.5 cm³/mol. The van der Waals surface area contributed by atoms with Crippen molar-refractivity contribution >= 4 is 39.3 Å². The average Bonchev–Trinajstić information content (AvgIpc) is 2.70. The monoisotopic (exact) mass is 374 g/mol. The number of carbonyl (C=O) groups excluding carboxylic acids is 1. The first-order valence-corrected chi connectivity index (χ1v) is 8.72. The fourth-order valence-electron chi connectivity index (χ4n) is 2.60. The van der Waals surface area contributed by atoms with E-state index in [-0.39, 0.29) is 0 Å². The summed E-state index contributed by atoms with van der Waals surface area (Å²) in [6.07, 6.45) is 4.73. The van der Waals surface area contributed by atoms with Crippen molar-refractivity contribution in [1.29, 1.82) is 0 Å². The van der Waals surface area contributed by atoms with Gasteiger partial charge in [-0.1, -0.05) is 25.7 Å². The normalized spacial score (nSPS) is 17.8. The van der Waals surface area contributed by atoms with Gasteiger partial charge in [-0.2, -0.15) is 0 Å². The molecule has 0 aliphatic heterocycles. The Kier molecular flexibility index (Phi) is 5.64. The highest BCUT2D eigenvalue weighted by atomic mass is 79.9. The molecule has 1 aliphatic carbocycles. The Morgan fingerprint density at radius 3 is 2.48 bits per heavy atom. The third-order valence-corrected chi connectivity index (χ3v) is 5.75. The topological polar surface area (TPSA) is 78.4 Å². The molecule has 1 saturated carbocycles. The number of thiophene rings is 1. The maximum absolute atomic E-state index is 12.0. The summed E-state index contributed by atoms with van der Waals surface area (Å²) in [6, 6.07) is 1.50. The number of amides is 2. The number of carbonyl (C=O) groups is 2. The van der Waals surface area contributed by atoms with E-state index in [0.717, 1.165) is 35.0 Å². The Hall–Kier alpha value is -1.08. The van der Waals surface area contributed by atoms with E-state index in [0.29, 0.717) is 19.4 Å². The molecular weight excluding hydrogens is 356 g/mol. The Balaban J connectivity index is 1.95. The van der Waals surface area contributed by atoms with Crippen molar-refractivity contribution in [2.24, 2.45) is 0 Å². The molecule has 1 fully saturated rings. The van der Waals surface area contributed by atoms with Crippen molar-refractivity contribution < 1.29 is 14.7 Å². The summed E-state index contributed by atoms with van der Waals surface area (Å²) in [5.74, 6) is -0.933. The molecule has 2 amide bonds. The van der Waals surface area contributed by atoms with Gasteiger partial charge in [-0.25, -0.2) is 9.59 Å². The van der Waals surface area contributed by atoms with E-state index in [1.54, 1.807) is 11.3 Å². The Morgan fingerprint density at radius 1 is 1.29 bits per heavy atom. The van der Waals surface area contributed by atoms with Crippen LogP contribution in [0.3, 0.4) is 0 Å². The predicted octanol–water partition coefficient (Wildman–Crippen LogP) is 3.49. The van der Waals surface area contributed by atoms with E-state index in [1.807, 2.05) is 11.4 Å². The first-order valence-electron chi connectivity index (χ1n) is 7.05. The molecule has 21 heavy (non-hydrogen) atoms. The summed E-state index contributed by atoms with van der Waals surface area (Å²) in [6.45, 7) is 0.389. The van der Waals surface area contributed by atoms with Crippen molar-refractivity contribution in [3.8, 4) is 0 Å². The summed E-state index contributed by atoms with van der Waals surface area (Å²) < 4.78 is 0.954. The van der Waals surface area contributed by atoms with Gasteiger partial charge in [0.1, 0.15) is 5.54 Å². The number of urea groups is 1. The zero-order chi connectivity index (χ0) is 15.3. The lowest BCUT2D eigenvalue weighted by Gasteiger charge is -2.29. The Labute approximate surface area is 136 Å². The van der Waals surface area contributed by atoms with Gasteiger partial charge in [0.15, 0.2) is 0 Å². The highest BCUT2D eigenvalue weighted by Crippen LogP contribution is 2.27. The molecule has 5 nitrogen and oxygen atoms in total. The lowest BCUT2D eigenvalue weighted by Crippen LogP contribution is -2.56. The Bertz CT molecular complexity index is 510. The molecule has 0 unspecified atom stereocenters. The molecule has 1 aromatic heterocycles. The molecule has 2 rings (SSSR count). The SMILES string of the molecule is O=C(NCc1sccc1Br)NC1(C(=O)O)CCCCCC1. The van der Waals surface area contributed by atoms with Crippen molar-refractivity contribution in [3.63, 3.8) is 0 Å². The van der Waals surface area contributed by atoms with Crippen LogP contribution in [0.4, 0.5) is 4.79 Å². The molecule has 1 aromatic rings. The molecule has 0 spiro atoms. The smallest absolute Gasteiger partial charge is 0.329 e. The third-order valence-electron chi connectivity index (χ3n) is 3.82. The van der Waals surface area contributed by atoms with Crippen LogP contribution in [0.2, 0.25) is 0 Å². The van der Waals surface area contributed by atoms with Gasteiger partial charge >= 0.3 is 12.0 Å². The van der Waals surface area contributed by atoms with Gasteiger partial charge in [0.25, 0.3) is 0 Å². The molecule has 7 heteroatoms. The molecule has 1 heterocycles. The fourth-order valence-corrected chi connectivity index (χ4v) is 4.03. The molecule has 0 saturated heterocycles. The standard InChI is InChI=1S/C14H19BrN2O3S/c15-10-5-8-21-11(10)9-16-13(20)17-14(12(18)19)6-3-1-2-4-7-14/h5,8H,1-4,6-7,9H2,(H,18,19)(H2,16,17,20). The Morgan fingerprint density at radius 2 is 1.95 bits per heavy atom. The van der Waals surface area contributed by atoms with Crippen molar-refractivity contribution in [2.45, 2.75) is 50.6 Å². The van der Waals surface area contributed by atoms with E-state index in [9.17, 15) is 14.7 Å². The van der Waals surface area contributed by atoms with Crippen LogP contribution in [0.25, 0.3) is 0 Å². The van der Waals surface area contributed by atoms with E-state index < -0.39 is 17.5 Å². The highest BCUT2D eigenvalue weighted by molar-refractivity contribution is 9.10. The molecule has 116 valence electrons. The molecule has 0 aromatic carbocycles. The van der Waals surface area contributed by atoms with Crippen LogP contribution in [0, 0.1) is 0 Å². The van der Waals surface area contributed by atoms with Crippen LogP contribution in [-0.2, 0) is 11.3 Å². The first kappa shape index (κ1) is 16.3. The fraction of sp³-hybridized carbons (Fsp3) is 0.571. The van der Waals surface area contributed by atoms with Gasteiger partial charge in [-0.05, 0) is 40.2 Å². The minimum Gasteiger partial charge on any atom is -0.480 e. The van der Waals surface area contributed by atoms with Gasteiger partial charge in [0, 0.05) is 9.35 Å². The van der Waals surface area contributed by atoms with Gasteiger partial charge < -0.3 is 15.7 Å². The number of aliphatic carboxylic acids is 1. The zero-order valence-corrected chi connectivity index (χ0v) is 14.1. The number of nitrogens with one attached hydrogen (secondary N) is 2. The summed E-state index contributed by atoms with van der Waals surface area (Å²) in [5.41, 5.74) is -1.12. The lowest BCUT2D eigenvalue weighted by atomic mass is 9.90. The van der Waals surface area contributed by atoms with Crippen LogP contribution in [0.15, 0.2) is 15.9 Å². The quantitative estimate of drug-likeness (QED) is 0.705. The molecule has 3 N–H and O–H groups in total. The molecule has 0 bridgehead atoms. The molecular formula is C14H19BrN2O3S. The number of halogens is 1. The second-order valence-corrected chi connectivity index (χ2v) is 7.16. The summed E-state index contributed by atoms with van der Waals surface area (Å²) in [7, 11) is 0. The summed E-state index contributed by atoms with van der Waals surface area (Å²) in [4.78, 5) is 24.7. The summed E-state index contributed by atoms with van der Waals surface area (Å²) in [5, 5.41) is 16.9. The molecule has 0 radical (unpaired) electrons. The largest absolute Gasteiger partial charge is 0.480 e. The molecule has 0 atom stereocenters. The van der Waals surface area contributed by atoms with Gasteiger partial charge in [0.05, 0.1) is 6.54 Å². The summed E-state index contributed by atoms with van der Waals surface area (Å²) >= 11 is 4.94. The van der Waals surface area contributed by atoms with E-state index in [4.69, 9.17) is 0 Å². The van der Waals surface area contributed by atoms with Gasteiger partial charge in [-0.3, -0.25) is 0 Å². The van der Waals surface area contributed by atoms with Crippen LogP contribution < -0.4 is 10.6 Å². The average molecular weight is 375 g/mol. The minimum atomic E-state index is -1.12. The number of hydrogen-bond acceptors (Lipinski definition) is 3. The van der Waals surface area contributed by atoms with Crippen LogP contribution >= 0.6 is 27.3 Å². The lowest BCUT2D eigenvalue weighted by molar-refractivity contribution is -0.145. The van der Waals surface area contributed by atoms with E-state index in [2.05, 4.69) is 26.6 Å². The van der Waals surface area contributed by atoms with Crippen molar-refractivity contribution in [3.05, 3.63) is 20.8 Å². The number of carboxylic acids is 1. The zero-order valence-electron chi connectivity index (χ0n) is 11.7. The van der Waals surface area contributed by atoms with E-state index in [1.165, 1.54) is 0 Å². The number of carboxylic acid groups (broad SMARTS) is 1.